The van der Waals surface area contributed by atoms with E-state index >= 15 is 0 Å². The third-order valence-corrected chi connectivity index (χ3v) is 5.40. The Labute approximate surface area is 153 Å². The van der Waals surface area contributed by atoms with Crippen molar-refractivity contribution >= 4 is 5.91 Å². The molecule has 0 unspecified atom stereocenters. The zero-order valence-corrected chi connectivity index (χ0v) is 15.5. The van der Waals surface area contributed by atoms with Gasteiger partial charge in [0.2, 0.25) is 0 Å². The summed E-state index contributed by atoms with van der Waals surface area (Å²) in [6.45, 7) is 10.3. The van der Waals surface area contributed by atoms with Gasteiger partial charge in [-0.25, -0.2) is 0 Å². The van der Waals surface area contributed by atoms with E-state index in [1.807, 2.05) is 11.8 Å². The zero-order valence-electron chi connectivity index (χ0n) is 15.5. The number of furan rings is 1. The molecule has 0 aromatic carbocycles. The number of aryl methyl sites for hydroxylation is 2. The van der Waals surface area contributed by atoms with E-state index in [0.29, 0.717) is 17.9 Å². The summed E-state index contributed by atoms with van der Waals surface area (Å²) in [7, 11) is 0. The van der Waals surface area contributed by atoms with Crippen LogP contribution in [0.5, 0.6) is 0 Å². The number of hydrogen-bond donors (Lipinski definition) is 0. The number of piperazine rings is 1. The van der Waals surface area contributed by atoms with Gasteiger partial charge in [0, 0.05) is 56.9 Å². The molecule has 26 heavy (non-hydrogen) atoms. The van der Waals surface area contributed by atoms with E-state index in [1.165, 1.54) is 11.3 Å². The van der Waals surface area contributed by atoms with Crippen molar-refractivity contribution in [1.29, 1.82) is 0 Å². The summed E-state index contributed by atoms with van der Waals surface area (Å²) in [6.07, 6.45) is 2.52. The van der Waals surface area contributed by atoms with Crippen LogP contribution >= 0.6 is 0 Å². The summed E-state index contributed by atoms with van der Waals surface area (Å²) < 4.78 is 13.0. The lowest BCUT2D eigenvalue weighted by atomic mass is 10.1. The van der Waals surface area contributed by atoms with Crippen LogP contribution in [0.1, 0.15) is 40.0 Å². The van der Waals surface area contributed by atoms with E-state index in [-0.39, 0.29) is 5.91 Å². The highest BCUT2D eigenvalue weighted by atomic mass is 16.5. The molecule has 1 fully saturated rings. The summed E-state index contributed by atoms with van der Waals surface area (Å²) in [6, 6.07) is 1.76. The first kappa shape index (κ1) is 17.3. The van der Waals surface area contributed by atoms with Gasteiger partial charge in [-0.15, -0.1) is 0 Å². The Hall–Kier alpha value is -2.12. The Morgan fingerprint density at radius 3 is 2.77 bits per heavy atom. The van der Waals surface area contributed by atoms with Crippen LogP contribution in [0.2, 0.25) is 0 Å². The molecule has 0 radical (unpaired) electrons. The lowest BCUT2D eigenvalue weighted by Gasteiger charge is -2.34. The standard InChI is InChI=1S/C19H26N4O3/c1-3-23-18-5-10-25-13-16(18)17(20-23)12-21-6-8-22(9-7-21)19(24)15-4-11-26-14(15)2/h4,11H,3,5-10,12-13H2,1-2H3. The van der Waals surface area contributed by atoms with Gasteiger partial charge in [0.25, 0.3) is 5.91 Å². The molecule has 2 aromatic rings. The van der Waals surface area contributed by atoms with Gasteiger partial charge >= 0.3 is 0 Å². The van der Waals surface area contributed by atoms with Crippen molar-refractivity contribution in [2.75, 3.05) is 32.8 Å². The van der Waals surface area contributed by atoms with Gasteiger partial charge in [0.1, 0.15) is 5.76 Å². The Morgan fingerprint density at radius 2 is 2.08 bits per heavy atom. The average Bonchev–Trinajstić information content (AvgIpc) is 3.25. The van der Waals surface area contributed by atoms with Gasteiger partial charge < -0.3 is 14.1 Å². The second kappa shape index (κ2) is 7.25. The highest BCUT2D eigenvalue weighted by Crippen LogP contribution is 2.23. The first-order valence-electron chi connectivity index (χ1n) is 9.38. The first-order chi connectivity index (χ1) is 12.7. The van der Waals surface area contributed by atoms with Crippen LogP contribution in [0.25, 0.3) is 0 Å². The van der Waals surface area contributed by atoms with E-state index in [4.69, 9.17) is 14.3 Å². The van der Waals surface area contributed by atoms with Crippen molar-refractivity contribution in [3.63, 3.8) is 0 Å². The fourth-order valence-electron chi connectivity index (χ4n) is 3.87. The van der Waals surface area contributed by atoms with Crippen molar-refractivity contribution in [1.82, 2.24) is 19.6 Å². The van der Waals surface area contributed by atoms with Crippen LogP contribution in [-0.2, 0) is 30.9 Å². The minimum absolute atomic E-state index is 0.0666. The predicted molar refractivity (Wildman–Crippen MR) is 95.9 cm³/mol. The molecule has 2 aliphatic heterocycles. The molecule has 7 heteroatoms. The maximum absolute atomic E-state index is 12.6. The first-order valence-corrected chi connectivity index (χ1v) is 9.38. The molecule has 2 aliphatic rings. The fraction of sp³-hybridized carbons (Fsp3) is 0.579. The maximum Gasteiger partial charge on any atom is 0.257 e. The number of aromatic nitrogens is 2. The van der Waals surface area contributed by atoms with Gasteiger partial charge in [-0.05, 0) is 19.9 Å². The Morgan fingerprint density at radius 1 is 1.27 bits per heavy atom. The third kappa shape index (κ3) is 3.17. The largest absolute Gasteiger partial charge is 0.469 e. The zero-order chi connectivity index (χ0) is 18.1. The van der Waals surface area contributed by atoms with Gasteiger partial charge in [-0.3, -0.25) is 14.4 Å². The number of fused-ring (bicyclic) bond motifs is 1. The van der Waals surface area contributed by atoms with Crippen LogP contribution in [0.15, 0.2) is 16.7 Å². The minimum atomic E-state index is 0.0666. The molecule has 7 nitrogen and oxygen atoms in total. The number of carbonyl (C=O) groups is 1. The predicted octanol–water partition coefficient (Wildman–Crippen LogP) is 1.84. The van der Waals surface area contributed by atoms with Crippen molar-refractivity contribution in [2.24, 2.45) is 0 Å². The van der Waals surface area contributed by atoms with Crippen LogP contribution in [0.4, 0.5) is 0 Å². The van der Waals surface area contributed by atoms with E-state index < -0.39 is 0 Å². The van der Waals surface area contributed by atoms with E-state index in [9.17, 15) is 4.79 Å². The second-order valence-corrected chi connectivity index (χ2v) is 6.95. The molecular weight excluding hydrogens is 332 g/mol. The molecular formula is C19H26N4O3. The normalized spacial score (nSPS) is 18.2. The molecule has 1 amide bonds. The number of nitrogens with zero attached hydrogens (tertiary/aromatic N) is 4. The van der Waals surface area contributed by atoms with Crippen molar-refractivity contribution in [2.45, 2.75) is 40.0 Å². The van der Waals surface area contributed by atoms with Crippen molar-refractivity contribution in [3.05, 3.63) is 40.6 Å². The third-order valence-electron chi connectivity index (χ3n) is 5.40. The topological polar surface area (TPSA) is 63.7 Å². The van der Waals surface area contributed by atoms with E-state index in [1.54, 1.807) is 12.3 Å². The molecule has 4 heterocycles. The number of carbonyl (C=O) groups excluding carboxylic acids is 1. The van der Waals surface area contributed by atoms with Gasteiger partial charge in [0.05, 0.1) is 30.7 Å². The molecule has 1 saturated heterocycles. The summed E-state index contributed by atoms with van der Waals surface area (Å²) in [5.74, 6) is 0.756. The Bertz CT molecular complexity index is 787. The molecule has 140 valence electrons. The molecule has 2 aromatic heterocycles. The number of rotatable bonds is 4. The maximum atomic E-state index is 12.6. The van der Waals surface area contributed by atoms with E-state index in [2.05, 4.69) is 16.5 Å². The number of hydrogen-bond acceptors (Lipinski definition) is 5. The molecule has 0 N–H and O–H groups in total. The van der Waals surface area contributed by atoms with Gasteiger partial charge in [-0.1, -0.05) is 0 Å². The van der Waals surface area contributed by atoms with Crippen molar-refractivity contribution in [3.8, 4) is 0 Å². The van der Waals surface area contributed by atoms with Crippen LogP contribution in [-0.4, -0.2) is 58.3 Å². The minimum Gasteiger partial charge on any atom is -0.469 e. The summed E-state index contributed by atoms with van der Waals surface area (Å²) in [4.78, 5) is 16.9. The molecule has 0 atom stereocenters. The lowest BCUT2D eigenvalue weighted by molar-refractivity contribution is 0.0623. The quantitative estimate of drug-likeness (QED) is 0.834. The number of ether oxygens (including phenoxy) is 1. The average molecular weight is 358 g/mol. The number of amides is 1. The highest BCUT2D eigenvalue weighted by molar-refractivity contribution is 5.95. The summed E-state index contributed by atoms with van der Waals surface area (Å²) in [5, 5.41) is 4.81. The van der Waals surface area contributed by atoms with Gasteiger partial charge in [-0.2, -0.15) is 5.10 Å². The van der Waals surface area contributed by atoms with E-state index in [0.717, 1.165) is 58.0 Å². The highest BCUT2D eigenvalue weighted by Gasteiger charge is 2.26. The van der Waals surface area contributed by atoms with Crippen LogP contribution < -0.4 is 0 Å². The molecule has 0 saturated carbocycles. The summed E-state index contributed by atoms with van der Waals surface area (Å²) in [5.41, 5.74) is 4.40. The van der Waals surface area contributed by atoms with Gasteiger partial charge in [0.15, 0.2) is 0 Å². The SMILES string of the molecule is CCn1nc(CN2CCN(C(=O)c3ccoc3C)CC2)c2c1CCOC2. The monoisotopic (exact) mass is 358 g/mol. The Kier molecular flexibility index (Phi) is 4.82. The molecule has 0 spiro atoms. The lowest BCUT2D eigenvalue weighted by Crippen LogP contribution is -2.48. The van der Waals surface area contributed by atoms with Crippen molar-refractivity contribution < 1.29 is 13.9 Å². The van der Waals surface area contributed by atoms with Crippen LogP contribution in [0.3, 0.4) is 0 Å². The summed E-state index contributed by atoms with van der Waals surface area (Å²) >= 11 is 0. The Balaban J connectivity index is 1.39. The second-order valence-electron chi connectivity index (χ2n) is 6.95. The molecule has 0 bridgehead atoms. The fourth-order valence-corrected chi connectivity index (χ4v) is 3.87. The molecule has 0 aliphatic carbocycles. The smallest absolute Gasteiger partial charge is 0.257 e. The molecule has 4 rings (SSSR count). The van der Waals surface area contributed by atoms with Crippen LogP contribution in [0, 0.1) is 6.92 Å².